The van der Waals surface area contributed by atoms with Crippen molar-refractivity contribution in [3.05, 3.63) is 120 Å². The summed E-state index contributed by atoms with van der Waals surface area (Å²) in [4.78, 5) is 14.9. The molecule has 0 saturated heterocycles. The molecule has 0 aliphatic heterocycles. The zero-order valence-corrected chi connectivity index (χ0v) is 36.8. The fourth-order valence-corrected chi connectivity index (χ4v) is 7.09. The molecular weight excluding hydrogens is 779 g/mol. The van der Waals surface area contributed by atoms with Crippen LogP contribution in [-0.2, 0) is 13.2 Å². The number of phenolic OH excluding ortho intramolecular Hbond substituents is 2. The van der Waals surface area contributed by atoms with Gasteiger partial charge in [0.05, 0.1) is 31.5 Å². The molecule has 326 valence electrons. The van der Waals surface area contributed by atoms with E-state index in [2.05, 4.69) is 27.7 Å². The van der Waals surface area contributed by atoms with Crippen molar-refractivity contribution in [2.75, 3.05) is 20.3 Å². The van der Waals surface area contributed by atoms with Crippen LogP contribution in [0.5, 0.6) is 40.2 Å². The Balaban J connectivity index is 1.24. The highest BCUT2D eigenvalue weighted by Gasteiger charge is 2.19. The molecule has 1 heterocycles. The second-order valence-electron chi connectivity index (χ2n) is 15.6. The Kier molecular flexibility index (Phi) is 16.8. The zero-order valence-electron chi connectivity index (χ0n) is 36.8. The monoisotopic (exact) mass is 839 g/mol. The predicted molar refractivity (Wildman–Crippen MR) is 245 cm³/mol. The maximum atomic E-state index is 11.0. The smallest absolute Gasteiger partial charge is 0.167 e. The highest BCUT2D eigenvalue weighted by Crippen LogP contribution is 2.36. The Morgan fingerprint density at radius 2 is 0.935 bits per heavy atom. The molecular formula is C52H61N3O7. The molecule has 0 bridgehead atoms. The molecule has 0 spiro atoms. The largest absolute Gasteiger partial charge is 0.507 e. The molecule has 10 heteroatoms. The number of aromatic hydroxyl groups is 2. The van der Waals surface area contributed by atoms with Crippen molar-refractivity contribution in [3.63, 3.8) is 0 Å². The highest BCUT2D eigenvalue weighted by atomic mass is 16.5. The van der Waals surface area contributed by atoms with E-state index in [0.717, 1.165) is 44.1 Å². The summed E-state index contributed by atoms with van der Waals surface area (Å²) in [6.07, 6.45) is 9.05. The molecule has 2 atom stereocenters. The lowest BCUT2D eigenvalue weighted by Gasteiger charge is -2.17. The summed E-state index contributed by atoms with van der Waals surface area (Å²) < 4.78 is 30.3. The second-order valence-corrected chi connectivity index (χ2v) is 15.6. The lowest BCUT2D eigenvalue weighted by atomic mass is 10.0. The maximum absolute atomic E-state index is 11.0. The van der Waals surface area contributed by atoms with Crippen molar-refractivity contribution < 1.29 is 33.9 Å². The Bertz CT molecular complexity index is 2180. The van der Waals surface area contributed by atoms with Gasteiger partial charge in [-0.05, 0) is 97.5 Å². The Morgan fingerprint density at radius 3 is 1.35 bits per heavy atom. The van der Waals surface area contributed by atoms with Crippen LogP contribution in [0.1, 0.15) is 90.2 Å². The molecule has 62 heavy (non-hydrogen) atoms. The molecule has 0 aliphatic carbocycles. The average Bonchev–Trinajstić information content (AvgIpc) is 3.31. The first-order valence-electron chi connectivity index (χ1n) is 22.1. The topological polar surface area (TPSA) is 125 Å². The third kappa shape index (κ3) is 12.4. The molecule has 0 aliphatic rings. The number of phenols is 2. The van der Waals surface area contributed by atoms with Crippen LogP contribution in [0.4, 0.5) is 0 Å². The molecule has 0 saturated carbocycles. The van der Waals surface area contributed by atoms with Crippen molar-refractivity contribution in [1.29, 1.82) is 0 Å². The van der Waals surface area contributed by atoms with E-state index < -0.39 is 0 Å². The number of ether oxygens (including phenoxy) is 5. The SMILES string of the molecule is CCCCC(CC)COc1ccc(COc2ccccc2-c2nc(-c3ccc(OC)cc3)nc(-c3ccccc3OCc3ccc(OCC(CC)CCCC)cc3O)n2)c(O)c1. The molecule has 10 nitrogen and oxygen atoms in total. The summed E-state index contributed by atoms with van der Waals surface area (Å²) in [7, 11) is 1.63. The fraction of sp³-hybridized carbons (Fsp3) is 0.365. The molecule has 0 fully saturated rings. The number of hydrogen-bond acceptors (Lipinski definition) is 10. The quantitative estimate of drug-likeness (QED) is 0.0608. The first-order chi connectivity index (χ1) is 30.3. The van der Waals surface area contributed by atoms with Crippen molar-refractivity contribution in [2.24, 2.45) is 11.8 Å². The van der Waals surface area contributed by atoms with Gasteiger partial charge in [0, 0.05) is 28.8 Å². The summed E-state index contributed by atoms with van der Waals surface area (Å²) in [5.41, 5.74) is 3.28. The van der Waals surface area contributed by atoms with Crippen LogP contribution in [0.3, 0.4) is 0 Å². The first-order valence-corrected chi connectivity index (χ1v) is 22.1. The van der Waals surface area contributed by atoms with E-state index in [4.69, 9.17) is 38.6 Å². The van der Waals surface area contributed by atoms with Gasteiger partial charge >= 0.3 is 0 Å². The number of methoxy groups -OCH3 is 1. The van der Waals surface area contributed by atoms with Crippen LogP contribution in [0.2, 0.25) is 0 Å². The number of para-hydroxylation sites is 2. The minimum absolute atomic E-state index is 0.1000. The third-order valence-electron chi connectivity index (χ3n) is 11.2. The van der Waals surface area contributed by atoms with E-state index in [0.29, 0.717) is 93.5 Å². The van der Waals surface area contributed by atoms with Crippen LogP contribution in [0.25, 0.3) is 34.2 Å². The Hall–Kier alpha value is -6.29. The summed E-state index contributed by atoms with van der Waals surface area (Å²) >= 11 is 0. The van der Waals surface area contributed by atoms with E-state index >= 15 is 0 Å². The average molecular weight is 840 g/mol. The normalized spacial score (nSPS) is 12.1. The van der Waals surface area contributed by atoms with Crippen molar-refractivity contribution in [1.82, 2.24) is 15.0 Å². The highest BCUT2D eigenvalue weighted by molar-refractivity contribution is 5.72. The van der Waals surface area contributed by atoms with Gasteiger partial charge in [0.1, 0.15) is 53.5 Å². The summed E-state index contributed by atoms with van der Waals surface area (Å²) in [5, 5.41) is 22.0. The van der Waals surface area contributed by atoms with Crippen molar-refractivity contribution in [3.8, 4) is 74.4 Å². The number of rotatable bonds is 24. The third-order valence-corrected chi connectivity index (χ3v) is 11.2. The second kappa shape index (κ2) is 23.1. The standard InChI is InChI=1S/C52H61N3O7/c1-6-10-16-36(8-3)32-59-42-28-24-39(46(56)30-42)34-61-48-20-14-12-18-44(48)51-53-50(38-22-26-41(58-5)27-23-38)54-52(55-51)45-19-13-15-21-49(45)62-35-40-25-29-43(31-47(40)57)60-33-37(9-4)17-11-7-2/h12-15,18-31,36-37,56-57H,6-11,16-17,32-35H2,1-5H3. The molecule has 1 aromatic heterocycles. The molecule has 2 N–H and O–H groups in total. The minimum atomic E-state index is 0.1000. The van der Waals surface area contributed by atoms with Crippen molar-refractivity contribution in [2.45, 2.75) is 92.3 Å². The lowest BCUT2D eigenvalue weighted by Crippen LogP contribution is -2.11. The van der Waals surface area contributed by atoms with Gasteiger partial charge in [-0.2, -0.15) is 0 Å². The van der Waals surface area contributed by atoms with Gasteiger partial charge < -0.3 is 33.9 Å². The first kappa shape index (κ1) is 45.2. The van der Waals surface area contributed by atoms with Gasteiger partial charge in [-0.25, -0.2) is 15.0 Å². The number of unbranched alkanes of at least 4 members (excludes halogenated alkanes) is 2. The van der Waals surface area contributed by atoms with E-state index in [1.165, 1.54) is 12.8 Å². The van der Waals surface area contributed by atoms with Gasteiger partial charge in [0.2, 0.25) is 0 Å². The number of benzene rings is 5. The molecule has 6 aromatic rings. The zero-order chi connectivity index (χ0) is 43.7. The van der Waals surface area contributed by atoms with Gasteiger partial charge in [0.15, 0.2) is 17.5 Å². The molecule has 6 rings (SSSR count). The van der Waals surface area contributed by atoms with Gasteiger partial charge in [-0.1, -0.05) is 90.5 Å². The van der Waals surface area contributed by atoms with E-state index in [1.54, 1.807) is 19.2 Å². The van der Waals surface area contributed by atoms with E-state index in [-0.39, 0.29) is 24.7 Å². The summed E-state index contributed by atoms with van der Waals surface area (Å²) in [6.45, 7) is 10.2. The Labute approximate surface area is 366 Å². The van der Waals surface area contributed by atoms with Gasteiger partial charge in [-0.3, -0.25) is 0 Å². The number of hydrogen-bond donors (Lipinski definition) is 2. The molecule has 5 aromatic carbocycles. The lowest BCUT2D eigenvalue weighted by molar-refractivity contribution is 0.232. The van der Waals surface area contributed by atoms with Crippen LogP contribution < -0.4 is 23.7 Å². The van der Waals surface area contributed by atoms with E-state index in [9.17, 15) is 10.2 Å². The predicted octanol–water partition coefficient (Wildman–Crippen LogP) is 12.6. The Morgan fingerprint density at radius 1 is 0.500 bits per heavy atom. The van der Waals surface area contributed by atoms with Crippen molar-refractivity contribution >= 4 is 0 Å². The molecule has 0 amide bonds. The number of aromatic nitrogens is 3. The van der Waals surface area contributed by atoms with Crippen LogP contribution >= 0.6 is 0 Å². The van der Waals surface area contributed by atoms with E-state index in [1.807, 2.05) is 97.1 Å². The summed E-state index contributed by atoms with van der Waals surface area (Å²) in [5.74, 6) is 5.43. The fourth-order valence-electron chi connectivity index (χ4n) is 7.09. The van der Waals surface area contributed by atoms with Gasteiger partial charge in [0.25, 0.3) is 0 Å². The number of nitrogens with zero attached hydrogens (tertiary/aromatic N) is 3. The molecule has 2 unspecified atom stereocenters. The van der Waals surface area contributed by atoms with Crippen LogP contribution in [0, 0.1) is 11.8 Å². The van der Waals surface area contributed by atoms with Crippen LogP contribution in [0.15, 0.2) is 109 Å². The van der Waals surface area contributed by atoms with Gasteiger partial charge in [-0.15, -0.1) is 0 Å². The molecule has 0 radical (unpaired) electrons. The van der Waals surface area contributed by atoms with Crippen LogP contribution in [-0.4, -0.2) is 45.5 Å². The maximum Gasteiger partial charge on any atom is 0.167 e. The summed E-state index contributed by atoms with van der Waals surface area (Å²) in [6, 6.07) is 33.3. The minimum Gasteiger partial charge on any atom is -0.507 e.